The summed E-state index contributed by atoms with van der Waals surface area (Å²) in [7, 11) is 0. The van der Waals surface area contributed by atoms with E-state index in [9.17, 15) is 20.2 Å². The summed E-state index contributed by atoms with van der Waals surface area (Å²) in [4.78, 5) is 25.3. The number of nitro benzene ring substituents is 2. The van der Waals surface area contributed by atoms with E-state index in [2.05, 4.69) is 64.1 Å². The summed E-state index contributed by atoms with van der Waals surface area (Å²) < 4.78 is 27.7. The van der Waals surface area contributed by atoms with Gasteiger partial charge in [-0.25, -0.2) is 0 Å². The summed E-state index contributed by atoms with van der Waals surface area (Å²) in [5, 5.41) is 26.0. The Morgan fingerprint density at radius 3 is 0.731 bits per heavy atom. The van der Waals surface area contributed by atoms with Gasteiger partial charge in [0, 0.05) is 72.2 Å². The van der Waals surface area contributed by atoms with Crippen LogP contribution in [0.25, 0.3) is 0 Å². The summed E-state index contributed by atoms with van der Waals surface area (Å²) in [6.07, 6.45) is 38.8. The van der Waals surface area contributed by atoms with Gasteiger partial charge in [0.25, 0.3) is 11.4 Å². The molecule has 0 saturated heterocycles. The Balaban J connectivity index is 1.61. The fourth-order valence-corrected chi connectivity index (χ4v) is 11.2. The number of unbranched alkanes of at least 4 members (excludes halogenated alkanes) is 28. The molecule has 1 aliphatic rings. The van der Waals surface area contributed by atoms with Crippen LogP contribution in [0.1, 0.15) is 278 Å². The minimum absolute atomic E-state index is 0.0431. The zero-order valence-corrected chi connectivity index (χ0v) is 49.2. The fourth-order valence-electron chi connectivity index (χ4n) is 11.2. The quantitative estimate of drug-likeness (QED) is 0.0215. The number of nitrogens with zero attached hydrogens (tertiary/aromatic N) is 2. The third-order valence-corrected chi connectivity index (χ3v) is 15.7. The summed E-state index contributed by atoms with van der Waals surface area (Å²) in [6.45, 7) is 11.0. The van der Waals surface area contributed by atoms with Crippen LogP contribution in [0.4, 0.5) is 11.4 Å². The Hall–Kier alpha value is -5.12. The minimum atomic E-state index is -0.329. The molecule has 10 heteroatoms. The number of ether oxygens (including phenoxy) is 4. The van der Waals surface area contributed by atoms with Crippen molar-refractivity contribution < 1.29 is 28.8 Å². The second-order valence-corrected chi connectivity index (χ2v) is 22.5. The van der Waals surface area contributed by atoms with Gasteiger partial charge in [-0.1, -0.05) is 244 Å². The molecule has 0 N–H and O–H groups in total. The molecular formula is C68H102N2O8. The number of para-hydroxylation sites is 2. The third-order valence-electron chi connectivity index (χ3n) is 15.7. The Labute approximate surface area is 471 Å². The van der Waals surface area contributed by atoms with E-state index in [0.717, 1.165) is 98.0 Å². The number of hydrogen-bond acceptors (Lipinski definition) is 8. The van der Waals surface area contributed by atoms with Crippen molar-refractivity contribution in [1.82, 2.24) is 0 Å². The zero-order valence-electron chi connectivity index (χ0n) is 49.2. The smallest absolute Gasteiger partial charge is 0.270 e. The number of nitro groups is 2. The van der Waals surface area contributed by atoms with Crippen LogP contribution in [0, 0.1) is 20.2 Å². The van der Waals surface area contributed by atoms with Crippen LogP contribution in [0.3, 0.4) is 0 Å². The molecular weight excluding hydrogens is 973 g/mol. The SMILES string of the molecule is CCCCCCCCCCOc1c2cccc1Cc1cc([N+](=O)[O-])cc(c1OCCCCCCCCCC)Cc1cc([N+](=O)[O-])cc(c1OCCCCCCCCCC)Cc1cccc(c1OCCCCCCCCCC)C2. The largest absolute Gasteiger partial charge is 0.493 e. The lowest BCUT2D eigenvalue weighted by atomic mass is 9.90. The van der Waals surface area contributed by atoms with Crippen LogP contribution < -0.4 is 18.9 Å². The molecule has 0 atom stereocenters. The second kappa shape index (κ2) is 38.5. The van der Waals surface area contributed by atoms with E-state index in [1.54, 1.807) is 24.3 Å². The highest BCUT2D eigenvalue weighted by Gasteiger charge is 2.26. The molecule has 0 saturated carbocycles. The average molecular weight is 1080 g/mol. The highest BCUT2D eigenvalue weighted by molar-refractivity contribution is 5.60. The van der Waals surface area contributed by atoms with E-state index in [0.29, 0.717) is 79.4 Å². The number of non-ortho nitro benzene ring substituents is 2. The van der Waals surface area contributed by atoms with Gasteiger partial charge in [-0.05, 0) is 47.9 Å². The Bertz CT molecular complexity index is 2170. The Morgan fingerprint density at radius 2 is 0.500 bits per heavy atom. The van der Waals surface area contributed by atoms with Crippen molar-refractivity contribution in [1.29, 1.82) is 0 Å². The summed E-state index contributed by atoms with van der Waals surface area (Å²) in [5.74, 6) is 2.82. The van der Waals surface area contributed by atoms with Crippen LogP contribution in [-0.4, -0.2) is 36.3 Å². The standard InChI is InChI=1S/C68H102N2O8/c1-5-9-13-17-21-25-29-33-43-75-65-55-39-37-41-57(65)48-59-51-63(69(71)72)53-61(67(59)77-45-35-31-27-23-19-15-11-7-3)50-62-54-64(70(73)74)52-60(68(62)78-46-36-32-28-24-20-16-12-8-4)49-58-42-38-40-56(47-55)66(58)76-44-34-30-26-22-18-14-10-6-2/h37-42,51-54H,5-36,43-50H2,1-4H3. The average Bonchev–Trinajstić information content (AvgIpc) is 3.47. The predicted octanol–water partition coefficient (Wildman–Crippen LogP) is 20.3. The van der Waals surface area contributed by atoms with Gasteiger partial charge in [0.1, 0.15) is 23.0 Å². The van der Waals surface area contributed by atoms with Crippen molar-refractivity contribution in [2.75, 3.05) is 26.4 Å². The maximum Gasteiger partial charge on any atom is 0.270 e. The molecule has 0 spiro atoms. The normalized spacial score (nSPS) is 12.2. The molecule has 0 fully saturated rings. The van der Waals surface area contributed by atoms with Crippen molar-refractivity contribution in [2.24, 2.45) is 0 Å². The number of rotatable bonds is 42. The molecule has 432 valence electrons. The van der Waals surface area contributed by atoms with Crippen LogP contribution in [0.5, 0.6) is 23.0 Å². The van der Waals surface area contributed by atoms with Gasteiger partial charge in [0.05, 0.1) is 36.3 Å². The zero-order chi connectivity index (χ0) is 55.4. The van der Waals surface area contributed by atoms with E-state index >= 15 is 0 Å². The highest BCUT2D eigenvalue weighted by atomic mass is 16.6. The number of hydrogen-bond donors (Lipinski definition) is 0. The van der Waals surface area contributed by atoms with Gasteiger partial charge in [-0.3, -0.25) is 20.2 Å². The van der Waals surface area contributed by atoms with Gasteiger partial charge in [0.2, 0.25) is 0 Å². The third kappa shape index (κ3) is 22.9. The predicted molar refractivity (Wildman–Crippen MR) is 323 cm³/mol. The van der Waals surface area contributed by atoms with Crippen molar-refractivity contribution in [3.8, 4) is 23.0 Å². The van der Waals surface area contributed by atoms with Crippen molar-refractivity contribution in [3.63, 3.8) is 0 Å². The molecule has 4 aromatic carbocycles. The van der Waals surface area contributed by atoms with Gasteiger partial charge in [-0.15, -0.1) is 0 Å². The Morgan fingerprint density at radius 1 is 0.308 bits per heavy atom. The van der Waals surface area contributed by atoms with Crippen molar-refractivity contribution >= 4 is 11.4 Å². The molecule has 0 heterocycles. The van der Waals surface area contributed by atoms with E-state index in [-0.39, 0.29) is 27.6 Å². The summed E-state index contributed by atoms with van der Waals surface area (Å²) >= 11 is 0. The molecule has 8 bridgehead atoms. The lowest BCUT2D eigenvalue weighted by Crippen LogP contribution is -2.11. The molecule has 0 radical (unpaired) electrons. The maximum atomic E-state index is 13.0. The van der Waals surface area contributed by atoms with Crippen molar-refractivity contribution in [2.45, 2.75) is 259 Å². The van der Waals surface area contributed by atoms with Crippen LogP contribution in [0.15, 0.2) is 60.7 Å². The van der Waals surface area contributed by atoms with Crippen molar-refractivity contribution in [3.05, 3.63) is 125 Å². The second-order valence-electron chi connectivity index (χ2n) is 22.5. The van der Waals surface area contributed by atoms with E-state index in [4.69, 9.17) is 18.9 Å². The van der Waals surface area contributed by atoms with E-state index in [1.807, 2.05) is 0 Å². The lowest BCUT2D eigenvalue weighted by Gasteiger charge is -2.23. The van der Waals surface area contributed by atoms with E-state index < -0.39 is 0 Å². The van der Waals surface area contributed by atoms with E-state index in [1.165, 1.54) is 141 Å². The molecule has 78 heavy (non-hydrogen) atoms. The lowest BCUT2D eigenvalue weighted by molar-refractivity contribution is -0.385. The summed E-state index contributed by atoms with van der Waals surface area (Å²) in [6, 6.07) is 19.2. The van der Waals surface area contributed by atoms with Crippen LogP contribution >= 0.6 is 0 Å². The molecule has 5 rings (SSSR count). The van der Waals surface area contributed by atoms with Crippen LogP contribution in [0.2, 0.25) is 0 Å². The summed E-state index contributed by atoms with van der Waals surface area (Å²) in [5.41, 5.74) is 6.45. The first-order valence-electron chi connectivity index (χ1n) is 31.6. The van der Waals surface area contributed by atoms with Gasteiger partial charge < -0.3 is 18.9 Å². The topological polar surface area (TPSA) is 123 Å². The van der Waals surface area contributed by atoms with Gasteiger partial charge in [0.15, 0.2) is 0 Å². The molecule has 0 aliphatic heterocycles. The minimum Gasteiger partial charge on any atom is -0.493 e. The van der Waals surface area contributed by atoms with Crippen LogP contribution in [-0.2, 0) is 25.7 Å². The molecule has 4 aromatic rings. The number of fused-ring (bicyclic) bond motifs is 8. The monoisotopic (exact) mass is 1070 g/mol. The Kier molecular flexibility index (Phi) is 31.4. The molecule has 0 aromatic heterocycles. The molecule has 10 nitrogen and oxygen atoms in total. The fraction of sp³-hybridized carbons (Fsp3) is 0.647. The first-order valence-corrected chi connectivity index (χ1v) is 31.6. The van der Waals surface area contributed by atoms with Gasteiger partial charge in [-0.2, -0.15) is 0 Å². The molecule has 0 unspecified atom stereocenters. The number of benzene rings is 4. The first-order chi connectivity index (χ1) is 38.3. The maximum absolute atomic E-state index is 13.0. The van der Waals surface area contributed by atoms with Gasteiger partial charge >= 0.3 is 0 Å². The highest BCUT2D eigenvalue weighted by Crippen LogP contribution is 2.42. The molecule has 1 aliphatic carbocycles. The molecule has 0 amide bonds. The first kappa shape index (κ1) is 63.7.